The second-order valence-electron chi connectivity index (χ2n) is 7.76. The number of rotatable bonds is 8. The number of benzene rings is 2. The zero-order valence-electron chi connectivity index (χ0n) is 18.5. The Hall–Kier alpha value is -3.59. The number of hydrogen-bond donors (Lipinski definition) is 1. The van der Waals surface area contributed by atoms with Crippen LogP contribution in [0.3, 0.4) is 0 Å². The minimum Gasteiger partial charge on any atom is -0.494 e. The number of amides is 1. The Morgan fingerprint density at radius 1 is 1.12 bits per heavy atom. The lowest BCUT2D eigenvalue weighted by molar-refractivity contribution is -0.118. The number of nitrogens with zero attached hydrogens (tertiary/aromatic N) is 2. The molecule has 0 aliphatic heterocycles. The molecular formula is C24H23N3O5S. The molecule has 33 heavy (non-hydrogen) atoms. The summed E-state index contributed by atoms with van der Waals surface area (Å²) < 4.78 is 22.7. The van der Waals surface area contributed by atoms with E-state index in [4.69, 9.17) is 18.7 Å². The molecule has 2 aromatic carbocycles. The van der Waals surface area contributed by atoms with Gasteiger partial charge in [0.1, 0.15) is 5.75 Å². The normalized spacial score (nSPS) is 14.2. The predicted molar refractivity (Wildman–Crippen MR) is 125 cm³/mol. The van der Waals surface area contributed by atoms with E-state index < -0.39 is 5.41 Å². The molecule has 8 nitrogen and oxygen atoms in total. The second kappa shape index (κ2) is 8.40. The van der Waals surface area contributed by atoms with Gasteiger partial charge in [-0.1, -0.05) is 16.5 Å². The van der Waals surface area contributed by atoms with Crippen molar-refractivity contribution in [2.24, 2.45) is 0 Å². The van der Waals surface area contributed by atoms with Gasteiger partial charge in [-0.05, 0) is 56.2 Å². The summed E-state index contributed by atoms with van der Waals surface area (Å²) in [4.78, 5) is 17.7. The van der Waals surface area contributed by atoms with Crippen LogP contribution in [0.1, 0.15) is 25.5 Å². The lowest BCUT2D eigenvalue weighted by Crippen LogP contribution is -2.28. The molecule has 1 fully saturated rings. The third kappa shape index (κ3) is 3.89. The summed E-state index contributed by atoms with van der Waals surface area (Å²) in [6.45, 7) is 2.54. The molecule has 2 heterocycles. The molecule has 0 saturated heterocycles. The molecule has 9 heteroatoms. The van der Waals surface area contributed by atoms with Gasteiger partial charge >= 0.3 is 0 Å². The van der Waals surface area contributed by atoms with Crippen molar-refractivity contribution in [2.45, 2.75) is 25.2 Å². The average Bonchev–Trinajstić information content (AvgIpc) is 3.31. The Balaban J connectivity index is 1.36. The molecule has 1 saturated carbocycles. The molecular weight excluding hydrogens is 442 g/mol. The van der Waals surface area contributed by atoms with Gasteiger partial charge in [-0.2, -0.15) is 0 Å². The van der Waals surface area contributed by atoms with Crippen LogP contribution in [0.15, 0.2) is 47.0 Å². The van der Waals surface area contributed by atoms with Crippen LogP contribution in [-0.2, 0) is 10.2 Å². The maximum absolute atomic E-state index is 13.2. The van der Waals surface area contributed by atoms with Crippen LogP contribution in [-0.4, -0.2) is 36.9 Å². The summed E-state index contributed by atoms with van der Waals surface area (Å²) in [5, 5.41) is 7.75. The van der Waals surface area contributed by atoms with Crippen molar-refractivity contribution >= 4 is 32.6 Å². The third-order valence-electron chi connectivity index (χ3n) is 5.74. The highest BCUT2D eigenvalue weighted by Gasteiger charge is 2.54. The van der Waals surface area contributed by atoms with Gasteiger partial charge in [0.2, 0.25) is 5.91 Å². The topological polar surface area (TPSA) is 95.7 Å². The number of fused-ring (bicyclic) bond motifs is 1. The number of carbonyl (C=O) groups is 1. The average molecular weight is 466 g/mol. The fraction of sp³-hybridized carbons (Fsp3) is 0.292. The van der Waals surface area contributed by atoms with Crippen molar-refractivity contribution in [3.8, 4) is 28.6 Å². The van der Waals surface area contributed by atoms with Crippen molar-refractivity contribution in [2.75, 3.05) is 26.1 Å². The van der Waals surface area contributed by atoms with Gasteiger partial charge in [0.05, 0.1) is 42.2 Å². The molecule has 0 atom stereocenters. The van der Waals surface area contributed by atoms with Gasteiger partial charge in [0.25, 0.3) is 0 Å². The summed E-state index contributed by atoms with van der Waals surface area (Å²) >= 11 is 1.42. The van der Waals surface area contributed by atoms with Crippen LogP contribution in [0, 0.1) is 0 Å². The fourth-order valence-corrected chi connectivity index (χ4v) is 4.67. The second-order valence-corrected chi connectivity index (χ2v) is 8.79. The highest BCUT2D eigenvalue weighted by atomic mass is 32.1. The number of ether oxygens (including phenoxy) is 3. The lowest BCUT2D eigenvalue weighted by Gasteiger charge is -2.10. The summed E-state index contributed by atoms with van der Waals surface area (Å²) in [6.07, 6.45) is 1.41. The van der Waals surface area contributed by atoms with E-state index in [2.05, 4.69) is 15.5 Å². The minimum atomic E-state index is -0.702. The maximum atomic E-state index is 13.2. The van der Waals surface area contributed by atoms with Crippen LogP contribution in [0.25, 0.3) is 21.5 Å². The summed E-state index contributed by atoms with van der Waals surface area (Å²) in [6, 6.07) is 13.0. The Morgan fingerprint density at radius 3 is 2.67 bits per heavy atom. The summed E-state index contributed by atoms with van der Waals surface area (Å²) in [7, 11) is 3.17. The van der Waals surface area contributed by atoms with Crippen LogP contribution in [0.5, 0.6) is 17.2 Å². The molecule has 4 aromatic rings. The first kappa shape index (κ1) is 21.3. The number of nitrogens with one attached hydrogen (secondary N) is 1. The number of carbonyl (C=O) groups excluding carboxylic acids is 1. The summed E-state index contributed by atoms with van der Waals surface area (Å²) in [5.41, 5.74) is 1.52. The SMILES string of the molecule is CCOc1ccc2nc(NC(=O)C3(c4cc(-c5ccc(OC)c(OC)c5)on4)CC3)sc2c1. The minimum absolute atomic E-state index is 0.126. The zero-order valence-corrected chi connectivity index (χ0v) is 19.3. The highest BCUT2D eigenvalue weighted by Crippen LogP contribution is 2.49. The fourth-order valence-electron chi connectivity index (χ4n) is 3.78. The van der Waals surface area contributed by atoms with Gasteiger partial charge in [-0.3, -0.25) is 4.79 Å². The van der Waals surface area contributed by atoms with Gasteiger partial charge in [0.15, 0.2) is 22.4 Å². The van der Waals surface area contributed by atoms with Crippen molar-refractivity contribution < 1.29 is 23.5 Å². The standard InChI is InChI=1S/C24H23N3O5S/c1-4-31-15-6-7-16-20(12-15)33-23(25-16)26-22(28)24(9-10-24)21-13-18(32-27-21)14-5-8-17(29-2)19(11-14)30-3/h5-8,11-13H,4,9-10H2,1-3H3,(H,25,26,28). The molecule has 2 aromatic heterocycles. The van der Waals surface area contributed by atoms with Crippen molar-refractivity contribution in [1.82, 2.24) is 10.1 Å². The number of thiazole rings is 1. The molecule has 1 amide bonds. The molecule has 0 unspecified atom stereocenters. The molecule has 5 rings (SSSR count). The van der Waals surface area contributed by atoms with Crippen molar-refractivity contribution in [3.05, 3.63) is 48.2 Å². The Kier molecular flexibility index (Phi) is 5.41. The third-order valence-corrected chi connectivity index (χ3v) is 6.68. The highest BCUT2D eigenvalue weighted by molar-refractivity contribution is 7.22. The molecule has 0 spiro atoms. The molecule has 0 radical (unpaired) electrons. The smallest absolute Gasteiger partial charge is 0.238 e. The number of aromatic nitrogens is 2. The molecule has 1 aliphatic carbocycles. The first-order valence-corrected chi connectivity index (χ1v) is 11.4. The number of hydrogen-bond acceptors (Lipinski definition) is 8. The first-order chi connectivity index (χ1) is 16.1. The monoisotopic (exact) mass is 465 g/mol. The van der Waals surface area contributed by atoms with Gasteiger partial charge < -0.3 is 24.1 Å². The van der Waals surface area contributed by atoms with E-state index in [1.807, 2.05) is 43.3 Å². The lowest BCUT2D eigenvalue weighted by atomic mass is 10.0. The van der Waals surface area contributed by atoms with E-state index in [-0.39, 0.29) is 5.91 Å². The molecule has 0 bridgehead atoms. The molecule has 1 aliphatic rings. The van der Waals surface area contributed by atoms with Gasteiger partial charge in [-0.25, -0.2) is 4.98 Å². The Bertz CT molecular complexity index is 1320. The quantitative estimate of drug-likeness (QED) is 0.390. The first-order valence-electron chi connectivity index (χ1n) is 10.6. The molecule has 1 N–H and O–H groups in total. The van der Waals surface area contributed by atoms with Crippen LogP contribution in [0.2, 0.25) is 0 Å². The van der Waals surface area contributed by atoms with E-state index in [1.165, 1.54) is 11.3 Å². The van der Waals surface area contributed by atoms with E-state index in [9.17, 15) is 4.79 Å². The van der Waals surface area contributed by atoms with Gasteiger partial charge in [-0.15, -0.1) is 0 Å². The predicted octanol–water partition coefficient (Wildman–Crippen LogP) is 5.04. The van der Waals surface area contributed by atoms with E-state index in [1.54, 1.807) is 20.3 Å². The van der Waals surface area contributed by atoms with Crippen molar-refractivity contribution in [3.63, 3.8) is 0 Å². The Morgan fingerprint density at radius 2 is 1.94 bits per heavy atom. The maximum Gasteiger partial charge on any atom is 0.238 e. The zero-order chi connectivity index (χ0) is 23.0. The van der Waals surface area contributed by atoms with Crippen LogP contribution in [0.4, 0.5) is 5.13 Å². The van der Waals surface area contributed by atoms with Crippen LogP contribution < -0.4 is 19.5 Å². The largest absolute Gasteiger partial charge is 0.494 e. The van der Waals surface area contributed by atoms with E-state index in [0.717, 1.165) is 21.5 Å². The van der Waals surface area contributed by atoms with Gasteiger partial charge in [0, 0.05) is 11.6 Å². The number of methoxy groups -OCH3 is 2. The van der Waals surface area contributed by atoms with Crippen molar-refractivity contribution in [1.29, 1.82) is 0 Å². The number of anilines is 1. The Labute approximate surface area is 194 Å². The van der Waals surface area contributed by atoms with E-state index >= 15 is 0 Å². The summed E-state index contributed by atoms with van der Waals surface area (Å²) in [5.74, 6) is 2.45. The van der Waals surface area contributed by atoms with Crippen LogP contribution >= 0.6 is 11.3 Å². The molecule has 170 valence electrons. The van der Waals surface area contributed by atoms with E-state index in [0.29, 0.717) is 47.5 Å².